The van der Waals surface area contributed by atoms with E-state index < -0.39 is 0 Å². The van der Waals surface area contributed by atoms with E-state index in [1.807, 2.05) is 0 Å². The standard InChI is InChI=1S/C77H86BN3/c1-47-24-23-26-50(38-47)79(64-29-22-19-25-48(64)2)52-31-33-62-65(44-52)81(53-41-55-54-27-20-21-28-56(54)77(17,18)69(55)61(43-53)72(6,7)8)68-40-49(71(3,4)5)39-67-70(68)78(62)63-45-59-60(76(15,16)37-36-75(59,13)14)46-66(63)80(67)51-30-32-57-58(42-51)74(11,12)35-34-73(57,9)10/h19-33,38-46H,34-37H2,1-18H3. The molecule has 412 valence electrons. The number of nitrogens with zero attached hydrogens (tertiary/aromatic N) is 3. The number of aryl methyl sites for hydroxylation is 2. The van der Waals surface area contributed by atoms with E-state index in [1.54, 1.807) is 0 Å². The zero-order valence-corrected chi connectivity index (χ0v) is 52.1. The molecule has 81 heavy (non-hydrogen) atoms. The molecule has 0 unspecified atom stereocenters. The number of rotatable bonds is 5. The van der Waals surface area contributed by atoms with Gasteiger partial charge in [0.1, 0.15) is 0 Å². The van der Waals surface area contributed by atoms with Gasteiger partial charge in [0.15, 0.2) is 0 Å². The van der Waals surface area contributed by atoms with Crippen LogP contribution < -0.4 is 31.1 Å². The molecule has 0 amide bonds. The number of benzene rings is 8. The highest BCUT2D eigenvalue weighted by Gasteiger charge is 2.49. The average Bonchev–Trinajstić information content (AvgIpc) is 3.33. The molecule has 8 aromatic carbocycles. The van der Waals surface area contributed by atoms with Crippen LogP contribution >= 0.6 is 0 Å². The normalized spacial score (nSPS) is 18.2. The van der Waals surface area contributed by atoms with Gasteiger partial charge in [-0.15, -0.1) is 0 Å². The van der Waals surface area contributed by atoms with Crippen LogP contribution in [0.1, 0.15) is 192 Å². The Morgan fingerprint density at radius 1 is 0.432 bits per heavy atom. The second-order valence-electron chi connectivity index (χ2n) is 30.5. The summed E-state index contributed by atoms with van der Waals surface area (Å²) in [5.41, 5.74) is 31.6. The van der Waals surface area contributed by atoms with Gasteiger partial charge in [0, 0.05) is 56.6 Å². The molecule has 0 aromatic heterocycles. The van der Waals surface area contributed by atoms with Crippen LogP contribution in [0.15, 0.2) is 146 Å². The average molecular weight is 1060 g/mol. The van der Waals surface area contributed by atoms with Crippen LogP contribution in [0.3, 0.4) is 0 Å². The van der Waals surface area contributed by atoms with Gasteiger partial charge >= 0.3 is 0 Å². The van der Waals surface area contributed by atoms with E-state index in [0.29, 0.717) is 0 Å². The molecule has 13 rings (SSSR count). The number of hydrogen-bond donors (Lipinski definition) is 0. The molecular weight excluding hydrogens is 978 g/mol. The Kier molecular flexibility index (Phi) is 11.6. The highest BCUT2D eigenvalue weighted by Crippen LogP contribution is 2.57. The number of anilines is 9. The second kappa shape index (κ2) is 17.6. The summed E-state index contributed by atoms with van der Waals surface area (Å²) >= 11 is 0. The summed E-state index contributed by atoms with van der Waals surface area (Å²) in [6.45, 7) is 43.7. The van der Waals surface area contributed by atoms with Crippen LogP contribution in [0.25, 0.3) is 11.1 Å². The van der Waals surface area contributed by atoms with Crippen molar-refractivity contribution < 1.29 is 0 Å². The molecule has 0 fully saturated rings. The van der Waals surface area contributed by atoms with Crippen LogP contribution in [0, 0.1) is 13.8 Å². The molecule has 3 aliphatic carbocycles. The fourth-order valence-electron chi connectivity index (χ4n) is 15.5. The first-order valence-corrected chi connectivity index (χ1v) is 30.5. The van der Waals surface area contributed by atoms with E-state index in [2.05, 4.69) is 285 Å². The Morgan fingerprint density at radius 2 is 1.01 bits per heavy atom. The molecule has 0 saturated carbocycles. The SMILES string of the molecule is Cc1cccc(N(c2ccc3c(c2)N(c2cc4c(c(C(C)(C)C)c2)C(C)(C)c2ccccc2-4)c2cc(C(C)(C)C)cc4c2B3c2cc3c(cc2N4c2ccc4c(c2)C(C)(C)CCC4(C)C)C(C)(C)CCC3(C)C)c2ccccc2C)c1. The number of fused-ring (bicyclic) bond motifs is 9. The van der Waals surface area contributed by atoms with Gasteiger partial charge in [0.05, 0.1) is 0 Å². The van der Waals surface area contributed by atoms with Crippen LogP contribution in [0.4, 0.5) is 51.2 Å². The molecule has 2 aliphatic heterocycles. The maximum absolute atomic E-state index is 2.74. The van der Waals surface area contributed by atoms with Crippen LogP contribution in [0.2, 0.25) is 0 Å². The minimum absolute atomic E-state index is 0.0123. The van der Waals surface area contributed by atoms with Crippen molar-refractivity contribution in [1.82, 2.24) is 0 Å². The maximum atomic E-state index is 2.74. The van der Waals surface area contributed by atoms with E-state index in [0.717, 1.165) is 24.2 Å². The van der Waals surface area contributed by atoms with E-state index in [1.165, 1.54) is 136 Å². The Hall–Kier alpha value is -6.78. The van der Waals surface area contributed by atoms with Crippen molar-refractivity contribution in [2.24, 2.45) is 0 Å². The van der Waals surface area contributed by atoms with E-state index in [9.17, 15) is 0 Å². The lowest BCUT2D eigenvalue weighted by Crippen LogP contribution is -2.62. The molecule has 0 spiro atoms. The fraction of sp³-hybridized carbons (Fsp3) is 0.377. The molecule has 8 aromatic rings. The van der Waals surface area contributed by atoms with Crippen LogP contribution in [-0.2, 0) is 37.9 Å². The predicted molar refractivity (Wildman–Crippen MR) is 350 cm³/mol. The molecule has 0 saturated heterocycles. The molecule has 3 nitrogen and oxygen atoms in total. The van der Waals surface area contributed by atoms with E-state index in [-0.39, 0.29) is 44.6 Å². The van der Waals surface area contributed by atoms with Crippen molar-refractivity contribution >= 4 is 74.3 Å². The summed E-state index contributed by atoms with van der Waals surface area (Å²) in [4.78, 5) is 7.98. The molecule has 5 aliphatic rings. The van der Waals surface area contributed by atoms with Gasteiger partial charge in [-0.1, -0.05) is 184 Å². The molecule has 0 radical (unpaired) electrons. The minimum Gasteiger partial charge on any atom is -0.311 e. The third-order valence-corrected chi connectivity index (χ3v) is 20.6. The smallest absolute Gasteiger partial charge is 0.252 e. The summed E-state index contributed by atoms with van der Waals surface area (Å²) in [5.74, 6) is 0. The van der Waals surface area contributed by atoms with E-state index >= 15 is 0 Å². The summed E-state index contributed by atoms with van der Waals surface area (Å²) in [6, 6.07) is 58.1. The van der Waals surface area contributed by atoms with Crippen molar-refractivity contribution in [3.8, 4) is 11.1 Å². The number of hydrogen-bond acceptors (Lipinski definition) is 3. The van der Waals surface area contributed by atoms with Gasteiger partial charge in [-0.25, -0.2) is 0 Å². The molecular formula is C77H86BN3. The van der Waals surface area contributed by atoms with Gasteiger partial charge in [0.2, 0.25) is 0 Å². The quantitative estimate of drug-likeness (QED) is 0.159. The van der Waals surface area contributed by atoms with Crippen molar-refractivity contribution in [2.45, 2.75) is 188 Å². The minimum atomic E-state index is -0.172. The molecule has 0 atom stereocenters. The van der Waals surface area contributed by atoms with Crippen molar-refractivity contribution in [3.05, 3.63) is 201 Å². The second-order valence-corrected chi connectivity index (χ2v) is 30.5. The molecule has 2 heterocycles. The van der Waals surface area contributed by atoms with Gasteiger partial charge in [-0.05, 0) is 228 Å². The van der Waals surface area contributed by atoms with Gasteiger partial charge < -0.3 is 14.7 Å². The summed E-state index contributed by atoms with van der Waals surface area (Å²) in [7, 11) is 0. The summed E-state index contributed by atoms with van der Waals surface area (Å²) in [5, 5.41) is 0. The highest BCUT2D eigenvalue weighted by atomic mass is 15.2. The third-order valence-electron chi connectivity index (χ3n) is 20.6. The van der Waals surface area contributed by atoms with Crippen molar-refractivity contribution in [3.63, 3.8) is 0 Å². The first-order valence-electron chi connectivity index (χ1n) is 30.5. The monoisotopic (exact) mass is 1060 g/mol. The van der Waals surface area contributed by atoms with Gasteiger partial charge in [-0.3, -0.25) is 0 Å². The first-order chi connectivity index (χ1) is 38.0. The Balaban J connectivity index is 1.19. The Labute approximate surface area is 486 Å². The fourth-order valence-corrected chi connectivity index (χ4v) is 15.5. The summed E-state index contributed by atoms with van der Waals surface area (Å²) in [6.07, 6.45) is 4.66. The molecule has 0 N–H and O–H groups in total. The zero-order valence-electron chi connectivity index (χ0n) is 52.1. The van der Waals surface area contributed by atoms with Crippen LogP contribution in [-0.4, -0.2) is 6.71 Å². The first kappa shape index (κ1) is 53.5. The molecule has 0 bridgehead atoms. The Bertz CT molecular complexity index is 3940. The van der Waals surface area contributed by atoms with Crippen molar-refractivity contribution in [2.75, 3.05) is 14.7 Å². The third kappa shape index (κ3) is 8.17. The maximum Gasteiger partial charge on any atom is 0.252 e. The lowest BCUT2D eigenvalue weighted by molar-refractivity contribution is 0.332. The predicted octanol–water partition coefficient (Wildman–Crippen LogP) is 19.5. The molecule has 4 heteroatoms. The topological polar surface area (TPSA) is 9.72 Å². The largest absolute Gasteiger partial charge is 0.311 e. The highest BCUT2D eigenvalue weighted by molar-refractivity contribution is 7.00. The van der Waals surface area contributed by atoms with E-state index in [4.69, 9.17) is 0 Å². The van der Waals surface area contributed by atoms with Gasteiger partial charge in [0.25, 0.3) is 6.71 Å². The van der Waals surface area contributed by atoms with Crippen LogP contribution in [0.5, 0.6) is 0 Å². The summed E-state index contributed by atoms with van der Waals surface area (Å²) < 4.78 is 0. The zero-order chi connectivity index (χ0) is 57.5. The lowest BCUT2D eigenvalue weighted by atomic mass is 9.33. The Morgan fingerprint density at radius 3 is 1.65 bits per heavy atom. The number of para-hydroxylation sites is 1. The van der Waals surface area contributed by atoms with Crippen molar-refractivity contribution in [1.29, 1.82) is 0 Å². The van der Waals surface area contributed by atoms with Gasteiger partial charge in [-0.2, -0.15) is 0 Å². The lowest BCUT2D eigenvalue weighted by Gasteiger charge is -2.48.